The molecule has 0 saturated carbocycles. The number of rotatable bonds is 1. The van der Waals surface area contributed by atoms with Crippen molar-refractivity contribution < 1.29 is 4.39 Å². The molecule has 0 fully saturated rings. The van der Waals surface area contributed by atoms with E-state index in [1.165, 1.54) is 12.1 Å². The van der Waals surface area contributed by atoms with E-state index in [1.54, 1.807) is 0 Å². The Balaban J connectivity index is 3.05. The Bertz CT molecular complexity index is 306. The molecule has 0 radical (unpaired) electrons. The van der Waals surface area contributed by atoms with Gasteiger partial charge in [-0.15, -0.1) is 0 Å². The highest BCUT2D eigenvalue weighted by Gasteiger charge is 2.01. The van der Waals surface area contributed by atoms with Crippen LogP contribution in [-0.2, 0) is 6.42 Å². The van der Waals surface area contributed by atoms with Crippen molar-refractivity contribution in [1.29, 1.82) is 5.26 Å². The molecule has 0 spiro atoms. The van der Waals surface area contributed by atoms with E-state index in [4.69, 9.17) is 5.26 Å². The molecule has 2 nitrogen and oxygen atoms in total. The largest absolute Gasteiger partial charge is 0.223 e. The van der Waals surface area contributed by atoms with Crippen molar-refractivity contribution in [1.82, 2.24) is 4.98 Å². The smallest absolute Gasteiger partial charge is 0.213 e. The van der Waals surface area contributed by atoms with E-state index in [0.717, 1.165) is 0 Å². The average molecular weight is 215 g/mol. The van der Waals surface area contributed by atoms with Gasteiger partial charge < -0.3 is 0 Å². The van der Waals surface area contributed by atoms with Crippen LogP contribution >= 0.6 is 15.9 Å². The molecule has 0 saturated heterocycles. The Kier molecular flexibility index (Phi) is 2.55. The van der Waals surface area contributed by atoms with Gasteiger partial charge >= 0.3 is 0 Å². The maximum Gasteiger partial charge on any atom is 0.213 e. The van der Waals surface area contributed by atoms with Crippen LogP contribution in [0.4, 0.5) is 4.39 Å². The minimum atomic E-state index is -0.557. The van der Waals surface area contributed by atoms with Crippen molar-refractivity contribution in [3.63, 3.8) is 0 Å². The van der Waals surface area contributed by atoms with E-state index in [2.05, 4.69) is 20.9 Å². The highest BCUT2D eigenvalue weighted by molar-refractivity contribution is 9.10. The molecule has 11 heavy (non-hydrogen) atoms. The maximum absolute atomic E-state index is 12.4. The Morgan fingerprint density at radius 2 is 2.36 bits per heavy atom. The first-order valence-corrected chi connectivity index (χ1v) is 3.71. The molecule has 0 amide bonds. The lowest BCUT2D eigenvalue weighted by Crippen LogP contribution is -1.92. The number of aromatic nitrogens is 1. The van der Waals surface area contributed by atoms with Gasteiger partial charge in [0.2, 0.25) is 5.95 Å². The Labute approximate surface area is 71.8 Å². The SMILES string of the molecule is N#CCc1nc(F)ccc1Br. The predicted octanol–water partition coefficient (Wildman–Crippen LogP) is 2.05. The highest BCUT2D eigenvalue weighted by atomic mass is 79.9. The molecular weight excluding hydrogens is 211 g/mol. The van der Waals surface area contributed by atoms with Gasteiger partial charge in [-0.25, -0.2) is 4.98 Å². The highest BCUT2D eigenvalue weighted by Crippen LogP contribution is 2.14. The first-order valence-electron chi connectivity index (χ1n) is 2.92. The van der Waals surface area contributed by atoms with Crippen LogP contribution < -0.4 is 0 Å². The summed E-state index contributed by atoms with van der Waals surface area (Å²) in [7, 11) is 0. The fraction of sp³-hybridized carbons (Fsp3) is 0.143. The first-order chi connectivity index (χ1) is 5.24. The summed E-state index contributed by atoms with van der Waals surface area (Å²) in [6, 6.07) is 4.67. The minimum absolute atomic E-state index is 0.123. The average Bonchev–Trinajstić information content (AvgIpc) is 1.98. The third-order valence-corrected chi connectivity index (χ3v) is 1.85. The van der Waals surface area contributed by atoms with Gasteiger partial charge in [-0.2, -0.15) is 9.65 Å². The molecule has 0 aliphatic heterocycles. The third-order valence-electron chi connectivity index (χ3n) is 1.13. The van der Waals surface area contributed by atoms with Crippen molar-refractivity contribution in [3.05, 3.63) is 28.2 Å². The number of halogens is 2. The summed E-state index contributed by atoms with van der Waals surface area (Å²) >= 11 is 3.15. The quantitative estimate of drug-likeness (QED) is 0.672. The second kappa shape index (κ2) is 3.44. The molecule has 0 aliphatic carbocycles. The van der Waals surface area contributed by atoms with Gasteiger partial charge in [0.25, 0.3) is 0 Å². The second-order valence-corrected chi connectivity index (χ2v) is 2.75. The fourth-order valence-electron chi connectivity index (χ4n) is 0.657. The minimum Gasteiger partial charge on any atom is -0.223 e. The van der Waals surface area contributed by atoms with Crippen LogP contribution in [0.5, 0.6) is 0 Å². The van der Waals surface area contributed by atoms with Crippen molar-refractivity contribution in [2.75, 3.05) is 0 Å². The molecule has 1 heterocycles. The van der Waals surface area contributed by atoms with E-state index >= 15 is 0 Å². The van der Waals surface area contributed by atoms with Crippen LogP contribution in [0.3, 0.4) is 0 Å². The topological polar surface area (TPSA) is 36.7 Å². The molecule has 0 aromatic carbocycles. The summed E-state index contributed by atoms with van der Waals surface area (Å²) in [5.41, 5.74) is 0.438. The van der Waals surface area contributed by atoms with Crippen LogP contribution in [0.1, 0.15) is 5.69 Å². The summed E-state index contributed by atoms with van der Waals surface area (Å²) in [5.74, 6) is -0.557. The number of pyridine rings is 1. The van der Waals surface area contributed by atoms with Gasteiger partial charge in [0, 0.05) is 4.47 Å². The number of hydrogen-bond donors (Lipinski definition) is 0. The van der Waals surface area contributed by atoms with E-state index in [9.17, 15) is 4.39 Å². The van der Waals surface area contributed by atoms with Gasteiger partial charge in [-0.1, -0.05) is 0 Å². The summed E-state index contributed by atoms with van der Waals surface area (Å²) in [5, 5.41) is 8.30. The Hall–Kier alpha value is -0.950. The zero-order chi connectivity index (χ0) is 8.27. The lowest BCUT2D eigenvalue weighted by Gasteiger charge is -1.96. The molecular formula is C7H4BrFN2. The normalized spacial score (nSPS) is 9.18. The van der Waals surface area contributed by atoms with E-state index < -0.39 is 5.95 Å². The Morgan fingerprint density at radius 1 is 1.64 bits per heavy atom. The van der Waals surface area contributed by atoms with Crippen molar-refractivity contribution in [3.8, 4) is 6.07 Å². The van der Waals surface area contributed by atoms with E-state index in [0.29, 0.717) is 10.2 Å². The van der Waals surface area contributed by atoms with Crippen molar-refractivity contribution in [2.45, 2.75) is 6.42 Å². The molecule has 4 heteroatoms. The third kappa shape index (κ3) is 1.99. The standard InChI is InChI=1S/C7H4BrFN2/c8-5-1-2-7(9)11-6(5)3-4-10/h1-2H,3H2. The van der Waals surface area contributed by atoms with Gasteiger partial charge in [-0.05, 0) is 28.1 Å². The molecule has 56 valence electrons. The molecule has 1 aromatic heterocycles. The van der Waals surface area contributed by atoms with E-state index in [1.807, 2.05) is 6.07 Å². The monoisotopic (exact) mass is 214 g/mol. The van der Waals surface area contributed by atoms with Gasteiger partial charge in [0.1, 0.15) is 0 Å². The first kappa shape index (κ1) is 8.15. The van der Waals surface area contributed by atoms with Crippen LogP contribution in [0.25, 0.3) is 0 Å². The van der Waals surface area contributed by atoms with Gasteiger partial charge in [0.05, 0.1) is 18.2 Å². The molecule has 0 N–H and O–H groups in total. The zero-order valence-electron chi connectivity index (χ0n) is 5.51. The second-order valence-electron chi connectivity index (χ2n) is 1.90. The predicted molar refractivity (Wildman–Crippen MR) is 41.2 cm³/mol. The molecule has 1 rings (SSSR count). The van der Waals surface area contributed by atoms with Gasteiger partial charge in [0.15, 0.2) is 0 Å². The van der Waals surface area contributed by atoms with E-state index in [-0.39, 0.29) is 6.42 Å². The Morgan fingerprint density at radius 3 is 3.00 bits per heavy atom. The molecule has 0 unspecified atom stereocenters. The summed E-state index contributed by atoms with van der Waals surface area (Å²) in [6.07, 6.45) is 0.123. The molecule has 0 aliphatic rings. The van der Waals surface area contributed by atoms with Crippen LogP contribution in [-0.4, -0.2) is 4.98 Å². The lowest BCUT2D eigenvalue weighted by atomic mass is 10.3. The van der Waals surface area contributed by atoms with Crippen molar-refractivity contribution >= 4 is 15.9 Å². The van der Waals surface area contributed by atoms with Crippen LogP contribution in [0.2, 0.25) is 0 Å². The number of nitriles is 1. The fourth-order valence-corrected chi connectivity index (χ4v) is 1.02. The zero-order valence-corrected chi connectivity index (χ0v) is 7.10. The summed E-state index contributed by atoms with van der Waals surface area (Å²) in [4.78, 5) is 3.53. The van der Waals surface area contributed by atoms with Gasteiger partial charge in [-0.3, -0.25) is 0 Å². The maximum atomic E-state index is 12.4. The molecule has 0 atom stereocenters. The number of hydrogen-bond acceptors (Lipinski definition) is 2. The van der Waals surface area contributed by atoms with Crippen molar-refractivity contribution in [2.24, 2.45) is 0 Å². The van der Waals surface area contributed by atoms with Crippen LogP contribution in [0.15, 0.2) is 16.6 Å². The molecule has 0 bridgehead atoms. The summed E-state index contributed by atoms with van der Waals surface area (Å²) in [6.45, 7) is 0. The lowest BCUT2D eigenvalue weighted by molar-refractivity contribution is 0.578. The number of nitrogens with zero attached hydrogens (tertiary/aromatic N) is 2. The molecule has 1 aromatic rings. The van der Waals surface area contributed by atoms with Crippen LogP contribution in [0, 0.1) is 17.3 Å². The summed E-state index contributed by atoms with van der Waals surface area (Å²) < 4.78 is 13.1.